The minimum absolute atomic E-state index is 0.0586. The van der Waals surface area contributed by atoms with Crippen LogP contribution < -0.4 is 5.32 Å². The lowest BCUT2D eigenvalue weighted by Crippen LogP contribution is -2.36. The van der Waals surface area contributed by atoms with E-state index in [2.05, 4.69) is 5.32 Å². The first-order valence-corrected chi connectivity index (χ1v) is 11.2. The lowest BCUT2D eigenvalue weighted by molar-refractivity contribution is -0.140. The van der Waals surface area contributed by atoms with Gasteiger partial charge in [-0.1, -0.05) is 41.9 Å². The number of hydrogen-bond donors (Lipinski definition) is 2. The number of esters is 1. The van der Waals surface area contributed by atoms with Crippen molar-refractivity contribution >= 4 is 23.4 Å². The van der Waals surface area contributed by atoms with Crippen molar-refractivity contribution in [2.75, 3.05) is 20.3 Å². The maximum Gasteiger partial charge on any atom is 0.336 e. The van der Waals surface area contributed by atoms with Crippen LogP contribution in [0.2, 0.25) is 5.02 Å². The van der Waals surface area contributed by atoms with Gasteiger partial charge in [0, 0.05) is 41.4 Å². The second-order valence-corrected chi connectivity index (χ2v) is 8.67. The van der Waals surface area contributed by atoms with Crippen LogP contribution in [0.5, 0.6) is 5.75 Å². The zero-order valence-electron chi connectivity index (χ0n) is 18.6. The molecule has 0 radical (unpaired) electrons. The van der Waals surface area contributed by atoms with E-state index < -0.39 is 11.9 Å². The lowest BCUT2D eigenvalue weighted by Gasteiger charge is -2.37. The molecular weight excluding hydrogens is 442 g/mol. The number of allylic oxidation sites excluding steroid dienone is 3. The highest BCUT2D eigenvalue weighted by Gasteiger charge is 2.41. The number of phenols is 1. The highest BCUT2D eigenvalue weighted by molar-refractivity contribution is 6.31. The second kappa shape index (κ2) is 9.81. The molecule has 2 N–H and O–H groups in total. The third-order valence-corrected chi connectivity index (χ3v) is 6.46. The maximum absolute atomic E-state index is 13.5. The van der Waals surface area contributed by atoms with Crippen LogP contribution in [0.4, 0.5) is 0 Å². The Hall–Kier alpha value is -3.09. The van der Waals surface area contributed by atoms with Crippen LogP contribution in [0.3, 0.4) is 0 Å². The van der Waals surface area contributed by atoms with Crippen molar-refractivity contribution < 1.29 is 24.2 Å². The quantitative estimate of drug-likeness (QED) is 0.477. The van der Waals surface area contributed by atoms with Gasteiger partial charge >= 0.3 is 5.97 Å². The molecule has 2 aliphatic rings. The molecule has 0 unspecified atom stereocenters. The normalized spacial score (nSPS) is 20.4. The summed E-state index contributed by atoms with van der Waals surface area (Å²) in [5.41, 5.74) is 3.88. The van der Waals surface area contributed by atoms with Gasteiger partial charge in [0.05, 0.1) is 12.2 Å². The standard InChI is InChI=1S/C26H26ClNO5/c1-15-23(26(31)33-11-10-32-2)24(16-6-5-7-18(29)12-16)25-21(28-15)13-17(14-22(25)30)19-8-3-4-9-20(19)27/h3-9,12,17,24,28-29H,10-11,13-14H2,1-2H3/t17-,24+/m1/s1. The first kappa shape index (κ1) is 23.1. The molecule has 2 atom stereocenters. The minimum atomic E-state index is -0.636. The molecule has 0 fully saturated rings. The molecule has 4 rings (SSSR count). The first-order valence-electron chi connectivity index (χ1n) is 10.8. The second-order valence-electron chi connectivity index (χ2n) is 8.26. The SMILES string of the molecule is COCCOC(=O)C1=C(C)NC2=C(C(=O)C[C@H](c3ccccc3Cl)C2)[C@H]1c1cccc(O)c1. The molecule has 0 spiro atoms. The predicted octanol–water partition coefficient (Wildman–Crippen LogP) is 4.60. The van der Waals surface area contributed by atoms with Crippen molar-refractivity contribution in [1.29, 1.82) is 0 Å². The van der Waals surface area contributed by atoms with E-state index in [9.17, 15) is 14.7 Å². The molecule has 7 heteroatoms. The molecule has 0 aromatic heterocycles. The maximum atomic E-state index is 13.5. The Labute approximate surface area is 197 Å². The molecule has 172 valence electrons. The summed E-state index contributed by atoms with van der Waals surface area (Å²) in [6.07, 6.45) is 0.869. The van der Waals surface area contributed by atoms with Crippen LogP contribution in [0.15, 0.2) is 71.1 Å². The Kier molecular flexibility index (Phi) is 6.86. The average molecular weight is 468 g/mol. The van der Waals surface area contributed by atoms with Crippen LogP contribution in [0.25, 0.3) is 0 Å². The highest BCUT2D eigenvalue weighted by Crippen LogP contribution is 2.46. The number of methoxy groups -OCH3 is 1. The largest absolute Gasteiger partial charge is 0.508 e. The minimum Gasteiger partial charge on any atom is -0.508 e. The lowest BCUT2D eigenvalue weighted by atomic mass is 9.71. The van der Waals surface area contributed by atoms with E-state index in [4.69, 9.17) is 21.1 Å². The zero-order chi connectivity index (χ0) is 23.5. The molecule has 0 saturated heterocycles. The van der Waals surface area contributed by atoms with Gasteiger partial charge in [-0.25, -0.2) is 4.79 Å². The average Bonchev–Trinajstić information content (AvgIpc) is 2.78. The number of carbonyl (C=O) groups is 2. The van der Waals surface area contributed by atoms with E-state index in [-0.39, 0.29) is 37.1 Å². The van der Waals surface area contributed by atoms with Gasteiger partial charge in [-0.3, -0.25) is 4.79 Å². The summed E-state index contributed by atoms with van der Waals surface area (Å²) in [6.45, 7) is 2.18. The molecule has 2 aromatic rings. The Balaban J connectivity index is 1.76. The summed E-state index contributed by atoms with van der Waals surface area (Å²) in [4.78, 5) is 26.6. The fraction of sp³-hybridized carbons (Fsp3) is 0.308. The van der Waals surface area contributed by atoms with Gasteiger partial charge in [0.2, 0.25) is 0 Å². The molecular formula is C26H26ClNO5. The molecule has 2 aromatic carbocycles. The van der Waals surface area contributed by atoms with Gasteiger partial charge < -0.3 is 19.9 Å². The molecule has 0 amide bonds. The molecule has 0 bridgehead atoms. The molecule has 0 saturated carbocycles. The first-order chi connectivity index (χ1) is 15.9. The smallest absolute Gasteiger partial charge is 0.336 e. The summed E-state index contributed by atoms with van der Waals surface area (Å²) < 4.78 is 10.4. The number of dihydropyridines is 1. The van der Waals surface area contributed by atoms with Gasteiger partial charge in [-0.15, -0.1) is 0 Å². The number of ketones is 1. The fourth-order valence-corrected chi connectivity index (χ4v) is 4.96. The highest BCUT2D eigenvalue weighted by atomic mass is 35.5. The van der Waals surface area contributed by atoms with Crippen molar-refractivity contribution in [3.05, 3.63) is 87.2 Å². The predicted molar refractivity (Wildman–Crippen MR) is 125 cm³/mol. The van der Waals surface area contributed by atoms with Crippen molar-refractivity contribution in [3.63, 3.8) is 0 Å². The number of nitrogens with one attached hydrogen (secondary N) is 1. The topological polar surface area (TPSA) is 84.9 Å². The van der Waals surface area contributed by atoms with E-state index in [0.717, 1.165) is 11.3 Å². The number of phenolic OH excluding ortho intramolecular Hbond substituents is 1. The van der Waals surface area contributed by atoms with Gasteiger partial charge in [0.25, 0.3) is 0 Å². The molecule has 1 aliphatic heterocycles. The van der Waals surface area contributed by atoms with Crippen LogP contribution in [0.1, 0.15) is 42.7 Å². The Morgan fingerprint density at radius 1 is 1.15 bits per heavy atom. The van der Waals surface area contributed by atoms with Crippen LogP contribution in [0, 0.1) is 0 Å². The zero-order valence-corrected chi connectivity index (χ0v) is 19.3. The molecule has 33 heavy (non-hydrogen) atoms. The van der Waals surface area contributed by atoms with Crippen LogP contribution >= 0.6 is 11.6 Å². The molecule has 1 aliphatic carbocycles. The van der Waals surface area contributed by atoms with Gasteiger partial charge in [0.1, 0.15) is 12.4 Å². The van der Waals surface area contributed by atoms with Crippen molar-refractivity contribution in [3.8, 4) is 5.75 Å². The number of benzene rings is 2. The van der Waals surface area contributed by atoms with Gasteiger partial charge in [-0.05, 0) is 48.6 Å². The Morgan fingerprint density at radius 2 is 1.94 bits per heavy atom. The summed E-state index contributed by atoms with van der Waals surface area (Å²) in [7, 11) is 1.53. The van der Waals surface area contributed by atoms with E-state index in [1.165, 1.54) is 7.11 Å². The third kappa shape index (κ3) is 4.68. The fourth-order valence-electron chi connectivity index (χ4n) is 4.67. The number of halogens is 1. The molecule has 6 nitrogen and oxygen atoms in total. The number of rotatable bonds is 6. The van der Waals surface area contributed by atoms with E-state index in [0.29, 0.717) is 33.9 Å². The summed E-state index contributed by atoms with van der Waals surface area (Å²) in [5.74, 6) is -1.21. The summed E-state index contributed by atoms with van der Waals surface area (Å²) in [6, 6.07) is 14.2. The monoisotopic (exact) mass is 467 g/mol. The Morgan fingerprint density at radius 3 is 2.67 bits per heavy atom. The number of hydrogen-bond acceptors (Lipinski definition) is 6. The van der Waals surface area contributed by atoms with Crippen molar-refractivity contribution in [2.24, 2.45) is 0 Å². The third-order valence-electron chi connectivity index (χ3n) is 6.12. The van der Waals surface area contributed by atoms with Crippen LogP contribution in [-0.2, 0) is 19.1 Å². The summed E-state index contributed by atoms with van der Waals surface area (Å²) >= 11 is 6.42. The number of Topliss-reactive ketones (excluding diaryl/α,β-unsaturated/α-hetero) is 1. The van der Waals surface area contributed by atoms with Crippen molar-refractivity contribution in [2.45, 2.75) is 31.6 Å². The van der Waals surface area contributed by atoms with Gasteiger partial charge in [-0.2, -0.15) is 0 Å². The molecule has 1 heterocycles. The number of ether oxygens (including phenoxy) is 2. The van der Waals surface area contributed by atoms with E-state index in [1.54, 1.807) is 25.1 Å². The van der Waals surface area contributed by atoms with E-state index >= 15 is 0 Å². The number of aromatic hydroxyl groups is 1. The number of carbonyl (C=O) groups excluding carboxylic acids is 2. The van der Waals surface area contributed by atoms with Gasteiger partial charge in [0.15, 0.2) is 5.78 Å². The van der Waals surface area contributed by atoms with Crippen LogP contribution in [-0.4, -0.2) is 37.2 Å². The van der Waals surface area contributed by atoms with Crippen molar-refractivity contribution in [1.82, 2.24) is 5.32 Å². The summed E-state index contributed by atoms with van der Waals surface area (Å²) in [5, 5.41) is 14.0. The van der Waals surface area contributed by atoms with E-state index in [1.807, 2.05) is 30.3 Å². The Bertz CT molecular complexity index is 1150.